The van der Waals surface area contributed by atoms with Gasteiger partial charge in [0, 0.05) is 43.3 Å². The van der Waals surface area contributed by atoms with E-state index in [-0.39, 0.29) is 5.91 Å². The average molecular weight is 438 g/mol. The molecular formula is C18H20ClN5O2S2. The van der Waals surface area contributed by atoms with Crippen LogP contribution >= 0.6 is 34.7 Å². The molecule has 0 N–H and O–H groups in total. The van der Waals surface area contributed by atoms with Crippen molar-refractivity contribution >= 4 is 51.4 Å². The molecule has 0 bridgehead atoms. The fourth-order valence-electron chi connectivity index (χ4n) is 2.53. The van der Waals surface area contributed by atoms with Gasteiger partial charge in [0.05, 0.1) is 11.4 Å². The van der Waals surface area contributed by atoms with E-state index < -0.39 is 0 Å². The van der Waals surface area contributed by atoms with Crippen molar-refractivity contribution in [3.05, 3.63) is 46.7 Å². The summed E-state index contributed by atoms with van der Waals surface area (Å²) in [6.45, 7) is 3.01. The second-order valence-corrected chi connectivity index (χ2v) is 8.11. The van der Waals surface area contributed by atoms with Gasteiger partial charge in [-0.05, 0) is 24.6 Å². The molecule has 28 heavy (non-hydrogen) atoms. The van der Waals surface area contributed by atoms with Gasteiger partial charge >= 0.3 is 0 Å². The molecule has 2 aromatic heterocycles. The number of thiazole rings is 1. The number of methoxy groups -OCH3 is 1. The number of hydrogen-bond acceptors (Lipinski definition) is 7. The van der Waals surface area contributed by atoms with Crippen molar-refractivity contribution in [1.82, 2.24) is 19.7 Å². The van der Waals surface area contributed by atoms with Gasteiger partial charge in [-0.25, -0.2) is 4.98 Å². The summed E-state index contributed by atoms with van der Waals surface area (Å²) in [5.41, 5.74) is 1.58. The molecule has 1 aromatic carbocycles. The maximum atomic E-state index is 12.2. The smallest absolute Gasteiger partial charge is 0.230 e. The molecule has 0 aliphatic carbocycles. The van der Waals surface area contributed by atoms with Crippen LogP contribution in [0, 0.1) is 0 Å². The third-order valence-corrected chi connectivity index (χ3v) is 5.91. The van der Waals surface area contributed by atoms with E-state index in [9.17, 15) is 4.79 Å². The summed E-state index contributed by atoms with van der Waals surface area (Å²) < 4.78 is 7.09. The van der Waals surface area contributed by atoms with E-state index in [4.69, 9.17) is 16.3 Å². The van der Waals surface area contributed by atoms with Gasteiger partial charge in [-0.2, -0.15) is 0 Å². The molecule has 10 heteroatoms. The molecule has 0 unspecified atom stereocenters. The minimum atomic E-state index is -0.117. The first kappa shape index (κ1) is 20.8. The molecule has 3 aromatic rings. The van der Waals surface area contributed by atoms with Gasteiger partial charge in [-0.15, -0.1) is 21.5 Å². The standard InChI is InChI=1S/C18H20ClN5O2S2/c1-13(25)24(16-6-3-5-14(19)9-16)17-21-15(10-27-17)11-28-18-22-20-12-23(18)7-4-8-26-2/h3,5-6,9-10,12H,4,7-8,11H2,1-2H3. The molecular weight excluding hydrogens is 418 g/mol. The highest BCUT2D eigenvalue weighted by molar-refractivity contribution is 7.98. The topological polar surface area (TPSA) is 73.1 Å². The Kier molecular flexibility index (Phi) is 7.43. The summed E-state index contributed by atoms with van der Waals surface area (Å²) in [5.74, 6) is 0.523. The largest absolute Gasteiger partial charge is 0.385 e. The van der Waals surface area contributed by atoms with E-state index >= 15 is 0 Å². The normalized spacial score (nSPS) is 11.0. The number of aromatic nitrogens is 4. The van der Waals surface area contributed by atoms with Crippen LogP contribution in [0.1, 0.15) is 19.0 Å². The number of amides is 1. The Morgan fingerprint density at radius 3 is 3.04 bits per heavy atom. The molecule has 7 nitrogen and oxygen atoms in total. The van der Waals surface area contributed by atoms with Crippen LogP contribution in [0.2, 0.25) is 5.02 Å². The number of ether oxygens (including phenoxy) is 1. The molecule has 148 valence electrons. The quantitative estimate of drug-likeness (QED) is 0.365. The van der Waals surface area contributed by atoms with E-state index in [1.54, 1.807) is 42.2 Å². The van der Waals surface area contributed by atoms with Gasteiger partial charge in [-0.1, -0.05) is 29.4 Å². The van der Waals surface area contributed by atoms with Crippen molar-refractivity contribution in [2.24, 2.45) is 0 Å². The van der Waals surface area contributed by atoms with Crippen molar-refractivity contribution in [2.75, 3.05) is 18.6 Å². The number of thioether (sulfide) groups is 1. The lowest BCUT2D eigenvalue weighted by molar-refractivity contribution is -0.115. The summed E-state index contributed by atoms with van der Waals surface area (Å²) >= 11 is 9.06. The van der Waals surface area contributed by atoms with Crippen LogP contribution in [0.4, 0.5) is 10.8 Å². The minimum absolute atomic E-state index is 0.117. The lowest BCUT2D eigenvalue weighted by atomic mass is 10.3. The third-order valence-electron chi connectivity index (χ3n) is 3.79. The van der Waals surface area contributed by atoms with Crippen molar-refractivity contribution in [3.8, 4) is 0 Å². The van der Waals surface area contributed by atoms with Crippen LogP contribution in [0.5, 0.6) is 0 Å². The van der Waals surface area contributed by atoms with Gasteiger partial charge in [0.15, 0.2) is 10.3 Å². The molecule has 0 fully saturated rings. The Balaban J connectivity index is 1.68. The number of carbonyl (C=O) groups is 1. The van der Waals surface area contributed by atoms with Crippen LogP contribution in [0.3, 0.4) is 0 Å². The molecule has 0 radical (unpaired) electrons. The zero-order chi connectivity index (χ0) is 19.9. The number of benzene rings is 1. The lowest BCUT2D eigenvalue weighted by Crippen LogP contribution is -2.22. The van der Waals surface area contributed by atoms with E-state index in [0.29, 0.717) is 28.2 Å². The zero-order valence-electron chi connectivity index (χ0n) is 15.5. The lowest BCUT2D eigenvalue weighted by Gasteiger charge is -2.18. The number of halogens is 1. The Morgan fingerprint density at radius 2 is 2.29 bits per heavy atom. The summed E-state index contributed by atoms with van der Waals surface area (Å²) in [5, 5.41) is 12.1. The van der Waals surface area contributed by atoms with Crippen molar-refractivity contribution in [1.29, 1.82) is 0 Å². The second kappa shape index (κ2) is 10.0. The SMILES string of the molecule is COCCCn1cnnc1SCc1csc(N(C(C)=O)c2cccc(Cl)c2)n1. The molecule has 0 saturated carbocycles. The minimum Gasteiger partial charge on any atom is -0.385 e. The van der Waals surface area contributed by atoms with Crippen LogP contribution in [-0.4, -0.2) is 39.4 Å². The van der Waals surface area contributed by atoms with Gasteiger partial charge in [-0.3, -0.25) is 9.69 Å². The predicted octanol–water partition coefficient (Wildman–Crippen LogP) is 4.40. The summed E-state index contributed by atoms with van der Waals surface area (Å²) in [6, 6.07) is 7.18. The number of rotatable bonds is 9. The Morgan fingerprint density at radius 1 is 1.43 bits per heavy atom. The highest BCUT2D eigenvalue weighted by Crippen LogP contribution is 2.32. The molecule has 0 aliphatic heterocycles. The fraction of sp³-hybridized carbons (Fsp3) is 0.333. The van der Waals surface area contributed by atoms with Gasteiger partial charge in [0.2, 0.25) is 5.91 Å². The average Bonchev–Trinajstić information content (AvgIpc) is 3.30. The van der Waals surface area contributed by atoms with E-state index in [1.807, 2.05) is 22.1 Å². The summed E-state index contributed by atoms with van der Waals surface area (Å²) in [4.78, 5) is 18.4. The van der Waals surface area contributed by atoms with Crippen LogP contribution < -0.4 is 4.90 Å². The molecule has 0 spiro atoms. The Bertz CT molecular complexity index is 930. The maximum Gasteiger partial charge on any atom is 0.230 e. The second-order valence-electron chi connectivity index (χ2n) is 5.90. The van der Waals surface area contributed by atoms with E-state index in [0.717, 1.165) is 23.8 Å². The zero-order valence-corrected chi connectivity index (χ0v) is 17.9. The van der Waals surface area contributed by atoms with Gasteiger partial charge in [0.1, 0.15) is 6.33 Å². The molecule has 0 saturated heterocycles. The van der Waals surface area contributed by atoms with Crippen LogP contribution in [0.15, 0.2) is 41.1 Å². The first-order valence-corrected chi connectivity index (χ1v) is 10.8. The third kappa shape index (κ3) is 5.32. The molecule has 3 rings (SSSR count). The molecule has 0 atom stereocenters. The van der Waals surface area contributed by atoms with Crippen molar-refractivity contribution in [3.63, 3.8) is 0 Å². The molecule has 0 aliphatic rings. The molecule has 1 amide bonds. The van der Waals surface area contributed by atoms with Crippen molar-refractivity contribution in [2.45, 2.75) is 30.8 Å². The van der Waals surface area contributed by atoms with Gasteiger partial charge < -0.3 is 9.30 Å². The van der Waals surface area contributed by atoms with Crippen LogP contribution in [-0.2, 0) is 21.8 Å². The summed E-state index contributed by atoms with van der Waals surface area (Å²) in [7, 11) is 1.69. The van der Waals surface area contributed by atoms with Crippen molar-refractivity contribution < 1.29 is 9.53 Å². The number of hydrogen-bond donors (Lipinski definition) is 0. The van der Waals surface area contributed by atoms with Gasteiger partial charge in [0.25, 0.3) is 0 Å². The van der Waals surface area contributed by atoms with E-state index in [1.165, 1.54) is 18.3 Å². The first-order valence-electron chi connectivity index (χ1n) is 8.58. The number of carbonyl (C=O) groups excluding carboxylic acids is 1. The fourth-order valence-corrected chi connectivity index (χ4v) is 4.55. The Hall–Kier alpha value is -1.94. The van der Waals surface area contributed by atoms with E-state index in [2.05, 4.69) is 15.2 Å². The highest BCUT2D eigenvalue weighted by Gasteiger charge is 2.18. The number of nitrogens with zero attached hydrogens (tertiary/aromatic N) is 5. The maximum absolute atomic E-state index is 12.2. The highest BCUT2D eigenvalue weighted by atomic mass is 35.5. The Labute approximate surface area is 176 Å². The number of aryl methyl sites for hydroxylation is 1. The van der Waals surface area contributed by atoms with Crippen LogP contribution in [0.25, 0.3) is 0 Å². The first-order chi connectivity index (χ1) is 13.6. The monoisotopic (exact) mass is 437 g/mol. The number of anilines is 2. The summed E-state index contributed by atoms with van der Waals surface area (Å²) in [6.07, 6.45) is 2.62. The molecule has 2 heterocycles. The predicted molar refractivity (Wildman–Crippen MR) is 112 cm³/mol.